The van der Waals surface area contributed by atoms with Crippen LogP contribution in [0.2, 0.25) is 5.02 Å². The topological polar surface area (TPSA) is 90.3 Å². The molecule has 1 fully saturated rings. The van der Waals surface area contributed by atoms with Crippen LogP contribution in [0.5, 0.6) is 0 Å². The van der Waals surface area contributed by atoms with Gasteiger partial charge >= 0.3 is 0 Å². The summed E-state index contributed by atoms with van der Waals surface area (Å²) in [6.45, 7) is 0.927. The van der Waals surface area contributed by atoms with E-state index in [1.165, 1.54) is 18.2 Å². The number of benzene rings is 2. The molecular formula is C20H20ClN3O3S. The van der Waals surface area contributed by atoms with E-state index in [9.17, 15) is 13.2 Å². The zero-order valence-electron chi connectivity index (χ0n) is 15.1. The lowest BCUT2D eigenvalue weighted by Crippen LogP contribution is -2.33. The standard InChI is InChI=1S/C20H20ClN3O3S/c21-18-7-1-2-8-19(18)23-28(26,27)17-6-3-5-16(13-17)20(25)24(12-4-11-22)14-15-9-10-15/h1-3,5-8,13,15,23H,4,9-10,12,14H2. The average molecular weight is 418 g/mol. The third kappa shape index (κ3) is 5.03. The number of amides is 1. The molecule has 0 atom stereocenters. The summed E-state index contributed by atoms with van der Waals surface area (Å²) in [4.78, 5) is 14.5. The molecule has 3 rings (SSSR count). The second-order valence-electron chi connectivity index (χ2n) is 6.72. The number of carbonyl (C=O) groups is 1. The van der Waals surface area contributed by atoms with Crippen LogP contribution in [0, 0.1) is 17.2 Å². The summed E-state index contributed by atoms with van der Waals surface area (Å²) in [5.41, 5.74) is 0.547. The van der Waals surface area contributed by atoms with Crippen LogP contribution in [0.15, 0.2) is 53.4 Å². The van der Waals surface area contributed by atoms with Gasteiger partial charge in [-0.25, -0.2) is 8.42 Å². The lowest BCUT2D eigenvalue weighted by molar-refractivity contribution is 0.0751. The zero-order chi connectivity index (χ0) is 20.1. The van der Waals surface area contributed by atoms with Crippen molar-refractivity contribution in [2.45, 2.75) is 24.2 Å². The molecule has 0 heterocycles. The van der Waals surface area contributed by atoms with Gasteiger partial charge in [0.1, 0.15) is 0 Å². The van der Waals surface area contributed by atoms with Gasteiger partial charge in [0, 0.05) is 18.7 Å². The number of nitriles is 1. The zero-order valence-corrected chi connectivity index (χ0v) is 16.7. The highest BCUT2D eigenvalue weighted by Gasteiger charge is 2.27. The Morgan fingerprint density at radius 3 is 2.64 bits per heavy atom. The Morgan fingerprint density at radius 1 is 1.21 bits per heavy atom. The van der Waals surface area contributed by atoms with Crippen molar-refractivity contribution in [3.05, 3.63) is 59.1 Å². The summed E-state index contributed by atoms with van der Waals surface area (Å²) < 4.78 is 27.9. The molecule has 28 heavy (non-hydrogen) atoms. The molecule has 0 saturated heterocycles. The molecule has 1 saturated carbocycles. The number of halogens is 1. The Balaban J connectivity index is 1.83. The summed E-state index contributed by atoms with van der Waals surface area (Å²) in [6, 6.07) is 14.5. The lowest BCUT2D eigenvalue weighted by atomic mass is 10.2. The van der Waals surface area contributed by atoms with Crippen LogP contribution in [0.4, 0.5) is 5.69 Å². The number of hydrogen-bond acceptors (Lipinski definition) is 4. The maximum Gasteiger partial charge on any atom is 0.261 e. The van der Waals surface area contributed by atoms with E-state index in [2.05, 4.69) is 10.8 Å². The van der Waals surface area contributed by atoms with E-state index in [1.54, 1.807) is 35.2 Å². The maximum absolute atomic E-state index is 12.9. The number of hydrogen-bond donors (Lipinski definition) is 1. The molecule has 1 amide bonds. The van der Waals surface area contributed by atoms with Gasteiger partial charge in [0.05, 0.1) is 28.1 Å². The number of nitrogens with one attached hydrogen (secondary N) is 1. The number of anilines is 1. The Hall–Kier alpha value is -2.56. The Bertz CT molecular complexity index is 1010. The fourth-order valence-corrected chi connectivity index (χ4v) is 4.16. The van der Waals surface area contributed by atoms with E-state index < -0.39 is 10.0 Å². The molecule has 2 aromatic carbocycles. The van der Waals surface area contributed by atoms with Crippen LogP contribution in [0.25, 0.3) is 0 Å². The van der Waals surface area contributed by atoms with E-state index in [1.807, 2.05) is 0 Å². The number of para-hydroxylation sites is 1. The Labute approximate surface area is 169 Å². The summed E-state index contributed by atoms with van der Waals surface area (Å²) in [6.07, 6.45) is 2.39. The minimum Gasteiger partial charge on any atom is -0.337 e. The SMILES string of the molecule is N#CCCN(CC1CC1)C(=O)c1cccc(S(=O)(=O)Nc2ccccc2Cl)c1. The van der Waals surface area contributed by atoms with E-state index in [0.29, 0.717) is 19.0 Å². The van der Waals surface area contributed by atoms with Crippen LogP contribution in [0.3, 0.4) is 0 Å². The lowest BCUT2D eigenvalue weighted by Gasteiger charge is -2.22. The molecule has 0 radical (unpaired) electrons. The predicted molar refractivity (Wildman–Crippen MR) is 108 cm³/mol. The monoisotopic (exact) mass is 417 g/mol. The second kappa shape index (κ2) is 8.63. The van der Waals surface area contributed by atoms with Gasteiger partial charge in [0.2, 0.25) is 0 Å². The van der Waals surface area contributed by atoms with Gasteiger partial charge in [-0.05, 0) is 49.1 Å². The molecule has 0 unspecified atom stereocenters. The van der Waals surface area contributed by atoms with Gasteiger partial charge in [-0.15, -0.1) is 0 Å². The summed E-state index contributed by atoms with van der Waals surface area (Å²) in [5.74, 6) is 0.202. The second-order valence-corrected chi connectivity index (χ2v) is 8.81. The first-order valence-corrected chi connectivity index (χ1v) is 10.8. The van der Waals surface area contributed by atoms with Crippen molar-refractivity contribution in [3.8, 4) is 6.07 Å². The normalized spacial score (nSPS) is 13.6. The van der Waals surface area contributed by atoms with Gasteiger partial charge in [-0.1, -0.05) is 29.8 Å². The van der Waals surface area contributed by atoms with Gasteiger partial charge in [-0.3, -0.25) is 9.52 Å². The molecule has 2 aromatic rings. The highest BCUT2D eigenvalue weighted by atomic mass is 35.5. The van der Waals surface area contributed by atoms with Crippen LogP contribution < -0.4 is 4.72 Å². The van der Waals surface area contributed by atoms with Crippen molar-refractivity contribution in [1.82, 2.24) is 4.90 Å². The quantitative estimate of drug-likeness (QED) is 0.705. The molecule has 0 bridgehead atoms. The van der Waals surface area contributed by atoms with Crippen LogP contribution in [0.1, 0.15) is 29.6 Å². The van der Waals surface area contributed by atoms with Crippen molar-refractivity contribution in [3.63, 3.8) is 0 Å². The molecule has 0 aliphatic heterocycles. The molecule has 0 spiro atoms. The molecule has 1 N–H and O–H groups in total. The van der Waals surface area contributed by atoms with Gasteiger partial charge in [-0.2, -0.15) is 5.26 Å². The smallest absolute Gasteiger partial charge is 0.261 e. The fourth-order valence-electron chi connectivity index (χ4n) is 2.80. The Kier molecular flexibility index (Phi) is 6.22. The predicted octanol–water partition coefficient (Wildman–Crippen LogP) is 3.91. The third-order valence-corrected chi connectivity index (χ3v) is 6.16. The largest absolute Gasteiger partial charge is 0.337 e. The molecular weight excluding hydrogens is 398 g/mol. The number of nitrogens with zero attached hydrogens (tertiary/aromatic N) is 2. The summed E-state index contributed by atoms with van der Waals surface area (Å²) in [5, 5.41) is 9.13. The third-order valence-electron chi connectivity index (χ3n) is 4.47. The van der Waals surface area contributed by atoms with Gasteiger partial charge in [0.15, 0.2) is 0 Å². The molecule has 1 aliphatic carbocycles. The molecule has 0 aromatic heterocycles. The van der Waals surface area contributed by atoms with Crippen molar-refractivity contribution >= 4 is 33.2 Å². The maximum atomic E-state index is 12.9. The van der Waals surface area contributed by atoms with E-state index >= 15 is 0 Å². The van der Waals surface area contributed by atoms with Gasteiger partial charge < -0.3 is 4.90 Å². The Morgan fingerprint density at radius 2 is 1.96 bits per heavy atom. The van der Waals surface area contributed by atoms with Crippen molar-refractivity contribution in [1.29, 1.82) is 5.26 Å². The molecule has 8 heteroatoms. The number of carbonyl (C=O) groups excluding carboxylic acids is 1. The van der Waals surface area contributed by atoms with E-state index in [-0.39, 0.29) is 33.5 Å². The highest BCUT2D eigenvalue weighted by Crippen LogP contribution is 2.30. The van der Waals surface area contributed by atoms with Crippen LogP contribution >= 0.6 is 11.6 Å². The van der Waals surface area contributed by atoms with Crippen molar-refractivity contribution in [2.75, 3.05) is 17.8 Å². The first kappa shape index (κ1) is 20.2. The summed E-state index contributed by atoms with van der Waals surface area (Å²) >= 11 is 6.03. The number of sulfonamides is 1. The molecule has 6 nitrogen and oxygen atoms in total. The fraction of sp³-hybridized carbons (Fsp3) is 0.300. The highest BCUT2D eigenvalue weighted by molar-refractivity contribution is 7.92. The average Bonchev–Trinajstić information content (AvgIpc) is 3.50. The first-order valence-electron chi connectivity index (χ1n) is 8.94. The van der Waals surface area contributed by atoms with Crippen molar-refractivity contribution in [2.24, 2.45) is 5.92 Å². The molecule has 146 valence electrons. The van der Waals surface area contributed by atoms with Crippen molar-refractivity contribution < 1.29 is 13.2 Å². The van der Waals surface area contributed by atoms with E-state index in [4.69, 9.17) is 16.9 Å². The van der Waals surface area contributed by atoms with E-state index in [0.717, 1.165) is 12.8 Å². The minimum absolute atomic E-state index is 0.0232. The first-order chi connectivity index (χ1) is 13.4. The van der Waals surface area contributed by atoms with Crippen LogP contribution in [-0.4, -0.2) is 32.3 Å². The number of rotatable bonds is 8. The van der Waals surface area contributed by atoms with Gasteiger partial charge in [0.25, 0.3) is 15.9 Å². The minimum atomic E-state index is -3.90. The summed E-state index contributed by atoms with van der Waals surface area (Å²) in [7, 11) is -3.90. The molecule has 1 aliphatic rings. The van der Waals surface area contributed by atoms with Crippen LogP contribution in [-0.2, 0) is 10.0 Å².